The summed E-state index contributed by atoms with van der Waals surface area (Å²) in [6.07, 6.45) is 0.590. The molecule has 1 heterocycles. The van der Waals surface area contributed by atoms with Crippen LogP contribution in [0.25, 0.3) is 0 Å². The van der Waals surface area contributed by atoms with Gasteiger partial charge in [-0.1, -0.05) is 0 Å². The van der Waals surface area contributed by atoms with Crippen molar-refractivity contribution >= 4 is 10.2 Å². The van der Waals surface area contributed by atoms with Gasteiger partial charge in [0.2, 0.25) is 0 Å². The van der Waals surface area contributed by atoms with Gasteiger partial charge < -0.3 is 0 Å². The van der Waals surface area contributed by atoms with Crippen LogP contribution >= 0.6 is 0 Å². The summed E-state index contributed by atoms with van der Waals surface area (Å²) in [4.78, 5) is 0. The van der Waals surface area contributed by atoms with Crippen molar-refractivity contribution in [1.82, 2.24) is 4.31 Å². The van der Waals surface area contributed by atoms with Gasteiger partial charge in [0.05, 0.1) is 6.07 Å². The molecule has 5 nitrogen and oxygen atoms in total. The van der Waals surface area contributed by atoms with Crippen LogP contribution in [0.5, 0.6) is 0 Å². The third-order valence-corrected chi connectivity index (χ3v) is 2.54. The topological polar surface area (TPSA) is 87.2 Å². The lowest BCUT2D eigenvalue weighted by Gasteiger charge is -2.32. The third kappa shape index (κ3) is 1.11. The van der Waals surface area contributed by atoms with Crippen LogP contribution in [0.4, 0.5) is 0 Å². The zero-order chi connectivity index (χ0) is 7.78. The average Bonchev–Trinajstić information content (AvgIpc) is 1.57. The monoisotopic (exact) mass is 161 g/mol. The highest BCUT2D eigenvalue weighted by Gasteiger charge is 2.35. The molecule has 10 heavy (non-hydrogen) atoms. The number of rotatable bonds is 1. The number of nitrogens with two attached hydrogens (primary N) is 1. The minimum absolute atomic E-state index is 0.372. The maximum Gasteiger partial charge on any atom is 0.278 e. The number of hydrogen-bond acceptors (Lipinski definition) is 3. The fourth-order valence-corrected chi connectivity index (χ4v) is 1.66. The van der Waals surface area contributed by atoms with E-state index in [1.54, 1.807) is 0 Å². The predicted octanol–water partition coefficient (Wildman–Crippen LogP) is -1.21. The Morgan fingerprint density at radius 2 is 2.30 bits per heavy atom. The predicted molar refractivity (Wildman–Crippen MR) is 33.8 cm³/mol. The minimum atomic E-state index is -3.62. The second-order valence-electron chi connectivity index (χ2n) is 2.09. The van der Waals surface area contributed by atoms with E-state index in [0.29, 0.717) is 13.0 Å². The molecule has 0 aliphatic carbocycles. The minimum Gasteiger partial charge on any atom is -0.216 e. The van der Waals surface area contributed by atoms with E-state index < -0.39 is 16.3 Å². The summed E-state index contributed by atoms with van der Waals surface area (Å²) in [6, 6.07) is 1.29. The molecule has 1 aliphatic rings. The lowest BCUT2D eigenvalue weighted by atomic mass is 10.1. The summed E-state index contributed by atoms with van der Waals surface area (Å²) >= 11 is 0. The Morgan fingerprint density at radius 1 is 1.70 bits per heavy atom. The molecule has 1 rings (SSSR count). The van der Waals surface area contributed by atoms with Crippen molar-refractivity contribution in [2.24, 2.45) is 5.14 Å². The highest BCUT2D eigenvalue weighted by molar-refractivity contribution is 7.86. The van der Waals surface area contributed by atoms with E-state index in [1.165, 1.54) is 0 Å². The van der Waals surface area contributed by atoms with Crippen LogP contribution in [0.2, 0.25) is 0 Å². The smallest absolute Gasteiger partial charge is 0.216 e. The summed E-state index contributed by atoms with van der Waals surface area (Å²) in [5.41, 5.74) is 0. The Hall–Kier alpha value is -0.640. The molecule has 56 valence electrons. The molecule has 1 unspecified atom stereocenters. The van der Waals surface area contributed by atoms with Crippen molar-refractivity contribution in [3.63, 3.8) is 0 Å². The Labute approximate surface area is 59.2 Å². The van der Waals surface area contributed by atoms with Crippen LogP contribution < -0.4 is 5.14 Å². The molecular weight excluding hydrogens is 154 g/mol. The van der Waals surface area contributed by atoms with Gasteiger partial charge in [0.15, 0.2) is 0 Å². The summed E-state index contributed by atoms with van der Waals surface area (Å²) < 4.78 is 22.0. The standard InChI is InChI=1S/C4H7N3O2S/c5-3-4-1-2-7(4)10(6,8)9/h4H,1-2H2,(H2,6,8,9). The van der Waals surface area contributed by atoms with Gasteiger partial charge in [0.25, 0.3) is 10.2 Å². The molecule has 1 atom stereocenters. The largest absolute Gasteiger partial charge is 0.278 e. The fraction of sp³-hybridized carbons (Fsp3) is 0.750. The third-order valence-electron chi connectivity index (χ3n) is 1.45. The van der Waals surface area contributed by atoms with E-state index in [4.69, 9.17) is 10.4 Å². The van der Waals surface area contributed by atoms with Gasteiger partial charge in [-0.2, -0.15) is 18.0 Å². The second kappa shape index (κ2) is 2.20. The zero-order valence-corrected chi connectivity index (χ0v) is 6.00. The van der Waals surface area contributed by atoms with E-state index in [1.807, 2.05) is 6.07 Å². The van der Waals surface area contributed by atoms with Crippen molar-refractivity contribution in [1.29, 1.82) is 5.26 Å². The van der Waals surface area contributed by atoms with Crippen molar-refractivity contribution in [3.05, 3.63) is 0 Å². The van der Waals surface area contributed by atoms with Crippen LogP contribution in [0.15, 0.2) is 0 Å². The molecule has 0 spiro atoms. The highest BCUT2D eigenvalue weighted by Crippen LogP contribution is 2.17. The SMILES string of the molecule is N#CC1CCN1S(N)(=O)=O. The first-order valence-corrected chi connectivity index (χ1v) is 4.25. The van der Waals surface area contributed by atoms with Gasteiger partial charge in [-0.25, -0.2) is 5.14 Å². The maximum absolute atomic E-state index is 10.5. The maximum atomic E-state index is 10.5. The number of hydrogen-bond donors (Lipinski definition) is 1. The molecule has 1 saturated heterocycles. The van der Waals surface area contributed by atoms with Crippen molar-refractivity contribution in [2.45, 2.75) is 12.5 Å². The summed E-state index contributed by atoms with van der Waals surface area (Å²) in [5.74, 6) is 0. The molecule has 0 aromatic rings. The van der Waals surface area contributed by atoms with Crippen molar-refractivity contribution in [3.8, 4) is 6.07 Å². The summed E-state index contributed by atoms with van der Waals surface area (Å²) in [6.45, 7) is 0.372. The first-order chi connectivity index (χ1) is 4.55. The van der Waals surface area contributed by atoms with Crippen LogP contribution in [0.3, 0.4) is 0 Å². The number of nitrogens with zero attached hydrogens (tertiary/aromatic N) is 2. The molecule has 2 N–H and O–H groups in total. The normalized spacial score (nSPS) is 27.0. The second-order valence-corrected chi connectivity index (χ2v) is 3.59. The molecule has 1 fully saturated rings. The van der Waals surface area contributed by atoms with Gasteiger partial charge in [0.1, 0.15) is 6.04 Å². The molecule has 0 radical (unpaired) electrons. The Balaban J connectivity index is 2.72. The number of nitriles is 1. The summed E-state index contributed by atoms with van der Waals surface area (Å²) in [7, 11) is -3.62. The van der Waals surface area contributed by atoms with Gasteiger partial charge >= 0.3 is 0 Å². The van der Waals surface area contributed by atoms with Crippen LogP contribution in [-0.4, -0.2) is 25.3 Å². The van der Waals surface area contributed by atoms with Gasteiger partial charge in [-0.3, -0.25) is 0 Å². The first kappa shape index (κ1) is 7.47. The molecule has 0 saturated carbocycles. The summed E-state index contributed by atoms with van der Waals surface area (Å²) in [5, 5.41) is 13.1. The van der Waals surface area contributed by atoms with E-state index >= 15 is 0 Å². The van der Waals surface area contributed by atoms with Crippen LogP contribution in [0.1, 0.15) is 6.42 Å². The Bertz CT molecular complexity index is 265. The van der Waals surface area contributed by atoms with Crippen LogP contribution in [0, 0.1) is 11.3 Å². The molecule has 1 aliphatic heterocycles. The van der Waals surface area contributed by atoms with E-state index in [-0.39, 0.29) is 0 Å². The van der Waals surface area contributed by atoms with E-state index in [0.717, 1.165) is 4.31 Å². The van der Waals surface area contributed by atoms with Gasteiger partial charge in [-0.15, -0.1) is 0 Å². The van der Waals surface area contributed by atoms with Crippen LogP contribution in [-0.2, 0) is 10.2 Å². The van der Waals surface area contributed by atoms with Gasteiger partial charge in [-0.05, 0) is 6.42 Å². The lowest BCUT2D eigenvalue weighted by Crippen LogP contribution is -2.52. The Morgan fingerprint density at radius 3 is 2.40 bits per heavy atom. The quantitative estimate of drug-likeness (QED) is 0.523. The molecule has 6 heteroatoms. The fourth-order valence-electron chi connectivity index (χ4n) is 0.797. The molecule has 0 aromatic carbocycles. The zero-order valence-electron chi connectivity index (χ0n) is 5.19. The lowest BCUT2D eigenvalue weighted by molar-refractivity contribution is 0.250. The van der Waals surface area contributed by atoms with Gasteiger partial charge in [0, 0.05) is 6.54 Å². The van der Waals surface area contributed by atoms with Crippen molar-refractivity contribution < 1.29 is 8.42 Å². The van der Waals surface area contributed by atoms with E-state index in [2.05, 4.69) is 0 Å². The molecule has 0 amide bonds. The molecular formula is C4H7N3O2S. The first-order valence-electron chi connectivity index (χ1n) is 2.75. The molecule has 0 bridgehead atoms. The average molecular weight is 161 g/mol. The molecule has 0 aromatic heterocycles. The van der Waals surface area contributed by atoms with E-state index in [9.17, 15) is 8.42 Å². The highest BCUT2D eigenvalue weighted by atomic mass is 32.2. The van der Waals surface area contributed by atoms with Crippen molar-refractivity contribution in [2.75, 3.05) is 6.54 Å². The Kier molecular flexibility index (Phi) is 1.64.